The molecule has 0 aliphatic carbocycles. The molecule has 0 radical (unpaired) electrons. The second kappa shape index (κ2) is 9.74. The standard InChI is InChI=1S/C22H26N2O7/c1-4-15-7-9-16(10-8-15)12-17-13-23-21(28-3)24-19(17)29-18-6-5-11-22(31-18,20(26)27)30-14(2)25/h7-10,13,18H,4-6,11-12H2,1-3H3,(H,26,27). The van der Waals surface area contributed by atoms with Crippen LogP contribution in [0.25, 0.3) is 0 Å². The van der Waals surface area contributed by atoms with Crippen molar-refractivity contribution in [2.45, 2.75) is 58.0 Å². The molecule has 0 saturated carbocycles. The highest BCUT2D eigenvalue weighted by Crippen LogP contribution is 2.33. The highest BCUT2D eigenvalue weighted by molar-refractivity contribution is 5.79. The molecule has 9 nitrogen and oxygen atoms in total. The van der Waals surface area contributed by atoms with Gasteiger partial charge >= 0.3 is 23.7 Å². The minimum absolute atomic E-state index is 0.0332. The summed E-state index contributed by atoms with van der Waals surface area (Å²) in [6, 6.07) is 8.29. The second-order valence-corrected chi connectivity index (χ2v) is 7.24. The van der Waals surface area contributed by atoms with Crippen LogP contribution in [0.3, 0.4) is 0 Å². The van der Waals surface area contributed by atoms with E-state index < -0.39 is 24.0 Å². The molecule has 0 spiro atoms. The average Bonchev–Trinajstić information content (AvgIpc) is 2.75. The lowest BCUT2D eigenvalue weighted by Gasteiger charge is -2.36. The Morgan fingerprint density at radius 2 is 1.97 bits per heavy atom. The summed E-state index contributed by atoms with van der Waals surface area (Å²) in [4.78, 5) is 31.6. The first-order valence-electron chi connectivity index (χ1n) is 10.1. The molecule has 0 bridgehead atoms. The number of aryl methyl sites for hydroxylation is 1. The fraction of sp³-hybridized carbons (Fsp3) is 0.455. The van der Waals surface area contributed by atoms with E-state index in [0.29, 0.717) is 24.8 Å². The van der Waals surface area contributed by atoms with Crippen molar-refractivity contribution < 1.29 is 33.6 Å². The highest BCUT2D eigenvalue weighted by Gasteiger charge is 2.48. The Kier molecular flexibility index (Phi) is 7.06. The molecule has 3 rings (SSSR count). The van der Waals surface area contributed by atoms with Crippen molar-refractivity contribution in [2.24, 2.45) is 0 Å². The van der Waals surface area contributed by atoms with E-state index >= 15 is 0 Å². The lowest BCUT2D eigenvalue weighted by atomic mass is 10.0. The number of carbonyl (C=O) groups is 2. The molecule has 9 heteroatoms. The molecular weight excluding hydrogens is 404 g/mol. The molecule has 2 unspecified atom stereocenters. The maximum Gasteiger partial charge on any atom is 0.377 e. The van der Waals surface area contributed by atoms with Crippen molar-refractivity contribution in [2.75, 3.05) is 7.11 Å². The first-order chi connectivity index (χ1) is 14.8. The third-order valence-corrected chi connectivity index (χ3v) is 4.96. The number of methoxy groups -OCH3 is 1. The summed E-state index contributed by atoms with van der Waals surface area (Å²) in [5.41, 5.74) is 2.96. The van der Waals surface area contributed by atoms with Gasteiger partial charge in [0.05, 0.1) is 7.11 Å². The van der Waals surface area contributed by atoms with Crippen LogP contribution in [0.5, 0.6) is 11.9 Å². The van der Waals surface area contributed by atoms with Gasteiger partial charge in [0, 0.05) is 37.9 Å². The zero-order valence-corrected chi connectivity index (χ0v) is 17.8. The second-order valence-electron chi connectivity index (χ2n) is 7.24. The van der Waals surface area contributed by atoms with Crippen LogP contribution in [0.1, 0.15) is 49.8 Å². The predicted octanol–water partition coefficient (Wildman–Crippen LogP) is 2.89. The molecule has 1 aliphatic rings. The van der Waals surface area contributed by atoms with Crippen molar-refractivity contribution in [1.82, 2.24) is 9.97 Å². The Labute approximate surface area is 180 Å². The highest BCUT2D eigenvalue weighted by atomic mass is 16.8. The first kappa shape index (κ1) is 22.5. The van der Waals surface area contributed by atoms with Crippen molar-refractivity contribution in [3.63, 3.8) is 0 Å². The minimum atomic E-state index is -2.08. The Bertz CT molecular complexity index is 932. The molecule has 2 heterocycles. The fourth-order valence-corrected chi connectivity index (χ4v) is 3.36. The van der Waals surface area contributed by atoms with E-state index in [1.54, 1.807) is 6.20 Å². The van der Waals surface area contributed by atoms with E-state index in [4.69, 9.17) is 18.9 Å². The Morgan fingerprint density at radius 1 is 1.26 bits per heavy atom. The van der Waals surface area contributed by atoms with Crippen LogP contribution in [0.2, 0.25) is 0 Å². The van der Waals surface area contributed by atoms with Crippen LogP contribution >= 0.6 is 0 Å². The van der Waals surface area contributed by atoms with E-state index in [1.165, 1.54) is 12.7 Å². The monoisotopic (exact) mass is 430 g/mol. The lowest BCUT2D eigenvalue weighted by molar-refractivity contribution is -0.295. The Hall–Kier alpha value is -3.20. The van der Waals surface area contributed by atoms with Gasteiger partial charge in [-0.25, -0.2) is 9.78 Å². The number of nitrogens with zero attached hydrogens (tertiary/aromatic N) is 2. The van der Waals surface area contributed by atoms with Gasteiger partial charge in [0.25, 0.3) is 0 Å². The number of aromatic nitrogens is 2. The molecule has 1 aliphatic heterocycles. The van der Waals surface area contributed by atoms with E-state index in [1.807, 2.05) is 12.1 Å². The van der Waals surface area contributed by atoms with Gasteiger partial charge in [0.15, 0.2) is 0 Å². The number of hydrogen-bond acceptors (Lipinski definition) is 8. The van der Waals surface area contributed by atoms with Crippen LogP contribution in [0, 0.1) is 0 Å². The fourth-order valence-electron chi connectivity index (χ4n) is 3.36. The number of carbonyl (C=O) groups excluding carboxylic acids is 1. The maximum atomic E-state index is 11.8. The van der Waals surface area contributed by atoms with Gasteiger partial charge in [-0.2, -0.15) is 4.98 Å². The van der Waals surface area contributed by atoms with Crippen molar-refractivity contribution in [1.29, 1.82) is 0 Å². The maximum absolute atomic E-state index is 11.8. The van der Waals surface area contributed by atoms with Gasteiger partial charge in [0.1, 0.15) is 0 Å². The minimum Gasteiger partial charge on any atom is -0.476 e. The average molecular weight is 430 g/mol. The Morgan fingerprint density at radius 3 is 2.58 bits per heavy atom. The molecular formula is C22H26N2O7. The summed E-state index contributed by atoms with van der Waals surface area (Å²) >= 11 is 0. The van der Waals surface area contributed by atoms with Crippen molar-refractivity contribution >= 4 is 11.9 Å². The van der Waals surface area contributed by atoms with Gasteiger partial charge in [0.2, 0.25) is 12.2 Å². The number of aliphatic carboxylic acids is 1. The SMILES string of the molecule is CCc1ccc(Cc2cnc(OC)nc2OC2CCCC(OC(C)=O)(C(=O)O)O2)cc1. The molecule has 0 amide bonds. The van der Waals surface area contributed by atoms with Gasteiger partial charge < -0.3 is 19.3 Å². The third kappa shape index (κ3) is 5.49. The molecule has 31 heavy (non-hydrogen) atoms. The van der Waals surface area contributed by atoms with Gasteiger partial charge in [-0.15, -0.1) is 0 Å². The molecule has 1 saturated heterocycles. The van der Waals surface area contributed by atoms with Crippen molar-refractivity contribution in [3.8, 4) is 11.9 Å². The summed E-state index contributed by atoms with van der Waals surface area (Å²) < 4.78 is 21.6. The molecule has 1 N–H and O–H groups in total. The van der Waals surface area contributed by atoms with Gasteiger partial charge in [-0.05, 0) is 24.0 Å². The van der Waals surface area contributed by atoms with E-state index in [-0.39, 0.29) is 18.3 Å². The number of esters is 1. The summed E-state index contributed by atoms with van der Waals surface area (Å²) in [5, 5.41) is 9.59. The summed E-state index contributed by atoms with van der Waals surface area (Å²) in [6.07, 6.45) is 2.97. The normalized spacial score (nSPS) is 20.7. The summed E-state index contributed by atoms with van der Waals surface area (Å²) in [5.74, 6) is -3.99. The molecule has 1 aromatic carbocycles. The topological polar surface area (TPSA) is 117 Å². The number of ether oxygens (including phenoxy) is 4. The number of hydrogen-bond donors (Lipinski definition) is 1. The largest absolute Gasteiger partial charge is 0.476 e. The molecule has 2 atom stereocenters. The van der Waals surface area contributed by atoms with Gasteiger partial charge in [-0.3, -0.25) is 9.53 Å². The smallest absolute Gasteiger partial charge is 0.377 e. The van der Waals surface area contributed by atoms with Crippen LogP contribution in [-0.4, -0.2) is 46.2 Å². The van der Waals surface area contributed by atoms with E-state index in [9.17, 15) is 14.7 Å². The van der Waals surface area contributed by atoms with E-state index in [2.05, 4.69) is 29.0 Å². The van der Waals surface area contributed by atoms with Crippen LogP contribution < -0.4 is 9.47 Å². The summed E-state index contributed by atoms with van der Waals surface area (Å²) in [6.45, 7) is 3.23. The predicted molar refractivity (Wildman–Crippen MR) is 109 cm³/mol. The zero-order valence-electron chi connectivity index (χ0n) is 17.8. The number of carboxylic acids is 1. The van der Waals surface area contributed by atoms with Crippen LogP contribution in [-0.2, 0) is 31.9 Å². The van der Waals surface area contributed by atoms with Crippen LogP contribution in [0.4, 0.5) is 0 Å². The molecule has 2 aromatic rings. The van der Waals surface area contributed by atoms with E-state index in [0.717, 1.165) is 18.9 Å². The van der Waals surface area contributed by atoms with Crippen LogP contribution in [0.15, 0.2) is 30.5 Å². The Balaban J connectivity index is 1.83. The molecule has 166 valence electrons. The lowest BCUT2D eigenvalue weighted by Crippen LogP contribution is -2.51. The van der Waals surface area contributed by atoms with Gasteiger partial charge in [-0.1, -0.05) is 31.2 Å². The summed E-state index contributed by atoms with van der Waals surface area (Å²) in [7, 11) is 1.44. The zero-order chi connectivity index (χ0) is 22.4. The third-order valence-electron chi connectivity index (χ3n) is 4.96. The molecule has 1 fully saturated rings. The number of carboxylic acid groups (broad SMARTS) is 1. The molecule has 1 aromatic heterocycles. The number of rotatable bonds is 8. The van der Waals surface area contributed by atoms with Crippen molar-refractivity contribution in [3.05, 3.63) is 47.2 Å². The quantitative estimate of drug-likeness (QED) is 0.631. The number of benzene rings is 1. The first-order valence-corrected chi connectivity index (χ1v) is 10.1.